The molecule has 260 valence electrons. The largest absolute Gasteiger partial charge is 0.468 e. The topological polar surface area (TPSA) is 245 Å². The number of rotatable bonds is 8. The Morgan fingerprint density at radius 3 is 1.43 bits per heavy atom. The number of para-hydroxylation sites is 2. The molecule has 0 aliphatic heterocycles. The van der Waals surface area contributed by atoms with E-state index in [9.17, 15) is 46.7 Å². The van der Waals surface area contributed by atoms with Crippen LogP contribution in [0, 0.1) is 31.1 Å². The number of esters is 2. The van der Waals surface area contributed by atoms with Crippen LogP contribution >= 0.6 is 23.1 Å². The van der Waals surface area contributed by atoms with Crippen molar-refractivity contribution in [2.24, 2.45) is 16.6 Å². The van der Waals surface area contributed by atoms with Crippen LogP contribution in [0.1, 0.15) is 41.5 Å². The molecule has 0 radical (unpaired) electrons. The Bertz CT molecular complexity index is 1590. The first kappa shape index (κ1) is 44.7. The van der Waals surface area contributed by atoms with E-state index in [1.165, 1.54) is 31.4 Å². The van der Waals surface area contributed by atoms with E-state index in [-0.39, 0.29) is 23.8 Å². The number of methoxy groups -OCH3 is 2. The number of carbonyl (C=O) groups excluding carboxylic acids is 2. The first-order chi connectivity index (χ1) is 20.3. The van der Waals surface area contributed by atoms with Gasteiger partial charge >= 0.3 is 11.9 Å². The molecule has 3 N–H and O–H groups in total. The third-order valence-electron chi connectivity index (χ3n) is 5.64. The van der Waals surface area contributed by atoms with Crippen molar-refractivity contribution in [3.05, 3.63) is 68.8 Å². The molecule has 2 atom stereocenters. The quantitative estimate of drug-likeness (QED) is 0.169. The molecular weight excluding hydrogens is 695 g/mol. The number of nitro benzene ring substituents is 2. The molecule has 0 aliphatic rings. The van der Waals surface area contributed by atoms with Gasteiger partial charge in [0, 0.05) is 22.8 Å². The summed E-state index contributed by atoms with van der Waals surface area (Å²) in [5.74, 6) is -1.12. The van der Waals surface area contributed by atoms with Gasteiger partial charge in [0.1, 0.15) is 12.1 Å². The highest BCUT2D eigenvalue weighted by Crippen LogP contribution is 2.27. The van der Waals surface area contributed by atoms with E-state index in [0.29, 0.717) is 0 Å². The SMILES string of the molecule is COC(=O)[C@@H](N)C(C)(C)C.COC(=O)[C@@H](NS(=O)(=O)c1ccccc1[N+](=O)[O-])C(C)(C)C.Cl.O=[N+]([O-])c1ccccc1S(=O)(=O)Cl. The maximum Gasteiger partial charge on any atom is 0.324 e. The number of carbonyl (C=O) groups is 2. The number of halogens is 2. The summed E-state index contributed by atoms with van der Waals surface area (Å²) in [6, 6.07) is 8.10. The lowest BCUT2D eigenvalue weighted by Gasteiger charge is -2.28. The Labute approximate surface area is 278 Å². The number of ether oxygens (including phenoxy) is 2. The average molecular weight is 734 g/mol. The van der Waals surface area contributed by atoms with E-state index in [4.69, 9.17) is 16.4 Å². The molecule has 0 fully saturated rings. The summed E-state index contributed by atoms with van der Waals surface area (Å²) in [5, 5.41) is 21.3. The lowest BCUT2D eigenvalue weighted by molar-refractivity contribution is -0.388. The van der Waals surface area contributed by atoms with E-state index in [0.717, 1.165) is 31.4 Å². The molecule has 0 spiro atoms. The van der Waals surface area contributed by atoms with Crippen LogP contribution in [0.15, 0.2) is 58.3 Å². The Morgan fingerprint density at radius 2 is 1.15 bits per heavy atom. The summed E-state index contributed by atoms with van der Waals surface area (Å²) < 4.78 is 57.7. The van der Waals surface area contributed by atoms with Gasteiger partial charge in [0.2, 0.25) is 10.0 Å². The zero-order valence-electron chi connectivity index (χ0n) is 26.2. The van der Waals surface area contributed by atoms with Gasteiger partial charge in [-0.2, -0.15) is 4.72 Å². The maximum atomic E-state index is 12.4. The maximum absolute atomic E-state index is 12.4. The third-order valence-corrected chi connectivity index (χ3v) is 8.48. The van der Waals surface area contributed by atoms with Crippen molar-refractivity contribution in [3.8, 4) is 0 Å². The van der Waals surface area contributed by atoms with Crippen LogP contribution in [0.3, 0.4) is 0 Å². The Morgan fingerprint density at radius 1 is 0.783 bits per heavy atom. The molecule has 0 saturated carbocycles. The Hall–Kier alpha value is -3.42. The van der Waals surface area contributed by atoms with Crippen LogP contribution in [-0.2, 0) is 38.1 Å². The van der Waals surface area contributed by atoms with Crippen molar-refractivity contribution in [2.45, 2.75) is 63.4 Å². The van der Waals surface area contributed by atoms with Crippen LogP contribution in [0.25, 0.3) is 0 Å². The van der Waals surface area contributed by atoms with Gasteiger partial charge in [0.05, 0.1) is 24.1 Å². The first-order valence-electron chi connectivity index (χ1n) is 12.7. The highest BCUT2D eigenvalue weighted by atomic mass is 35.7. The second kappa shape index (κ2) is 18.1. The van der Waals surface area contributed by atoms with Crippen molar-refractivity contribution < 1.29 is 45.7 Å². The van der Waals surface area contributed by atoms with E-state index in [1.54, 1.807) is 20.8 Å². The fraction of sp³-hybridized carbons (Fsp3) is 0.462. The van der Waals surface area contributed by atoms with E-state index < -0.39 is 73.6 Å². The molecule has 20 heteroatoms. The molecule has 0 aromatic heterocycles. The second-order valence-electron chi connectivity index (χ2n) is 11.2. The highest BCUT2D eigenvalue weighted by molar-refractivity contribution is 8.13. The van der Waals surface area contributed by atoms with Gasteiger partial charge in [0.25, 0.3) is 20.4 Å². The predicted octanol–water partition coefficient (Wildman–Crippen LogP) is 3.94. The molecule has 0 bridgehead atoms. The number of sulfonamides is 1. The number of nitrogens with two attached hydrogens (primary N) is 1. The van der Waals surface area contributed by atoms with Gasteiger partial charge in [-0.3, -0.25) is 29.8 Å². The van der Waals surface area contributed by atoms with Crippen LogP contribution in [0.5, 0.6) is 0 Å². The van der Waals surface area contributed by atoms with Crippen LogP contribution in [0.2, 0.25) is 0 Å². The van der Waals surface area contributed by atoms with Crippen molar-refractivity contribution in [1.82, 2.24) is 4.72 Å². The molecule has 16 nitrogen and oxygen atoms in total. The second-order valence-corrected chi connectivity index (χ2v) is 15.4. The number of benzene rings is 2. The van der Waals surface area contributed by atoms with Crippen molar-refractivity contribution in [3.63, 3.8) is 0 Å². The van der Waals surface area contributed by atoms with Gasteiger partial charge in [-0.15, -0.1) is 12.4 Å². The van der Waals surface area contributed by atoms with Crippen LogP contribution in [-0.4, -0.2) is 64.9 Å². The minimum atomic E-state index is -4.27. The fourth-order valence-corrected chi connectivity index (χ4v) is 5.63. The summed E-state index contributed by atoms with van der Waals surface area (Å²) in [5.41, 5.74) is 3.46. The molecule has 2 aromatic carbocycles. The lowest BCUT2D eigenvalue weighted by atomic mass is 9.87. The molecule has 0 heterocycles. The van der Waals surface area contributed by atoms with Crippen LogP contribution < -0.4 is 10.5 Å². The predicted molar refractivity (Wildman–Crippen MR) is 172 cm³/mol. The lowest BCUT2D eigenvalue weighted by Crippen LogP contribution is -2.49. The number of nitrogens with one attached hydrogen (secondary N) is 1. The van der Waals surface area contributed by atoms with Crippen molar-refractivity contribution in [1.29, 1.82) is 0 Å². The number of nitrogens with zero attached hydrogens (tertiary/aromatic N) is 2. The van der Waals surface area contributed by atoms with Crippen molar-refractivity contribution in [2.75, 3.05) is 14.2 Å². The zero-order chi connectivity index (χ0) is 35.6. The number of hydrogen-bond acceptors (Lipinski definition) is 13. The van der Waals surface area contributed by atoms with Gasteiger partial charge < -0.3 is 15.2 Å². The normalized spacial score (nSPS) is 12.7. The minimum Gasteiger partial charge on any atom is -0.468 e. The monoisotopic (exact) mass is 732 g/mol. The molecule has 0 amide bonds. The average Bonchev–Trinajstić information content (AvgIpc) is 2.93. The molecule has 0 unspecified atom stereocenters. The summed E-state index contributed by atoms with van der Waals surface area (Å²) >= 11 is 0. The summed E-state index contributed by atoms with van der Waals surface area (Å²) in [4.78, 5) is 41.4. The molecule has 2 rings (SSSR count). The Kier molecular flexibility index (Phi) is 17.5. The molecule has 2 aromatic rings. The van der Waals surface area contributed by atoms with Crippen LogP contribution in [0.4, 0.5) is 11.4 Å². The Balaban J connectivity index is 0. The first-order valence-corrected chi connectivity index (χ1v) is 16.5. The highest BCUT2D eigenvalue weighted by Gasteiger charge is 2.38. The number of hydrogen-bond donors (Lipinski definition) is 2. The smallest absolute Gasteiger partial charge is 0.324 e. The summed E-state index contributed by atoms with van der Waals surface area (Å²) in [6.45, 7) is 10.6. The minimum absolute atomic E-state index is 0. The summed E-state index contributed by atoms with van der Waals surface area (Å²) in [7, 11) is -0.858. The molecule has 46 heavy (non-hydrogen) atoms. The van der Waals surface area contributed by atoms with Gasteiger partial charge in [0.15, 0.2) is 9.79 Å². The van der Waals surface area contributed by atoms with E-state index in [2.05, 4.69) is 14.2 Å². The number of nitro groups is 2. The van der Waals surface area contributed by atoms with Gasteiger partial charge in [-0.1, -0.05) is 65.8 Å². The third kappa shape index (κ3) is 13.9. The fourth-order valence-electron chi connectivity index (χ4n) is 3.04. The molecule has 0 saturated heterocycles. The van der Waals surface area contributed by atoms with Gasteiger partial charge in [-0.05, 0) is 23.0 Å². The standard InChI is InChI=1S/C13H18N2O6S.C7H15NO2.C6H4ClNO4S.ClH/c1-13(2,3)11(12(16)21-4)14-22(19,20)10-8-6-5-7-9(10)15(17)18;1-7(2,3)5(8)6(9)10-4;7-13(11,12)6-4-2-1-3-5(6)8(9)10;/h5-8,11,14H,1-4H3;5H,8H2,1-4H3;1-4H;1H/t11-;5-;;/m11../s1. The van der Waals surface area contributed by atoms with E-state index in [1.807, 2.05) is 20.8 Å². The van der Waals surface area contributed by atoms with E-state index >= 15 is 0 Å². The molecule has 0 aliphatic carbocycles. The zero-order valence-corrected chi connectivity index (χ0v) is 29.5. The van der Waals surface area contributed by atoms with Crippen molar-refractivity contribution >= 4 is 65.5 Å². The van der Waals surface area contributed by atoms with Gasteiger partial charge in [-0.25, -0.2) is 16.8 Å². The summed E-state index contributed by atoms with van der Waals surface area (Å²) in [6.07, 6.45) is 0. The molecular formula is C26H38Cl2N4O12S2.